The lowest BCUT2D eigenvalue weighted by Gasteiger charge is -2.21. The monoisotopic (exact) mass is 288 g/mol. The van der Waals surface area contributed by atoms with E-state index >= 15 is 0 Å². The van der Waals surface area contributed by atoms with Crippen LogP contribution in [-0.2, 0) is 6.54 Å². The Hall–Kier alpha value is -1.85. The van der Waals surface area contributed by atoms with Crippen LogP contribution in [0.3, 0.4) is 0 Å². The third-order valence-electron chi connectivity index (χ3n) is 3.95. The molecule has 2 aromatic rings. The average Bonchev–Trinajstić information content (AvgIpc) is 2.90. The number of hydrogen-bond acceptors (Lipinski definition) is 5. The Kier molecular flexibility index (Phi) is 3.94. The molecule has 1 aromatic heterocycles. The first-order valence-electron chi connectivity index (χ1n) is 7.29. The third-order valence-corrected chi connectivity index (χ3v) is 3.95. The van der Waals surface area contributed by atoms with Gasteiger partial charge in [-0.2, -0.15) is 0 Å². The molecule has 0 spiro atoms. The van der Waals surface area contributed by atoms with E-state index in [0.29, 0.717) is 18.2 Å². The van der Waals surface area contributed by atoms with E-state index in [1.54, 1.807) is 12.1 Å². The molecule has 21 heavy (non-hydrogen) atoms. The molecule has 1 aromatic carbocycles. The molecule has 1 atom stereocenters. The van der Waals surface area contributed by atoms with Gasteiger partial charge in [-0.1, -0.05) is 0 Å². The number of benzene rings is 1. The highest BCUT2D eigenvalue weighted by atomic mass is 16.4. The summed E-state index contributed by atoms with van der Waals surface area (Å²) in [6, 6.07) is 6.97. The van der Waals surface area contributed by atoms with Crippen molar-refractivity contribution in [1.82, 2.24) is 10.2 Å². The van der Waals surface area contributed by atoms with Crippen LogP contribution in [0.15, 0.2) is 33.5 Å². The van der Waals surface area contributed by atoms with Gasteiger partial charge < -0.3 is 19.7 Å². The largest absolute Gasteiger partial charge is 0.508 e. The maximum Gasteiger partial charge on any atom is 0.336 e. The highest BCUT2D eigenvalue weighted by Gasteiger charge is 2.17. The fraction of sp³-hybridized carbons (Fsp3) is 0.438. The molecule has 1 aliphatic rings. The highest BCUT2D eigenvalue weighted by Crippen LogP contribution is 2.22. The smallest absolute Gasteiger partial charge is 0.336 e. The molecule has 1 unspecified atom stereocenters. The van der Waals surface area contributed by atoms with Crippen molar-refractivity contribution in [3.63, 3.8) is 0 Å². The lowest BCUT2D eigenvalue weighted by atomic mass is 10.1. The minimum atomic E-state index is -0.379. The highest BCUT2D eigenvalue weighted by molar-refractivity contribution is 5.81. The molecule has 0 radical (unpaired) electrons. The molecule has 3 rings (SSSR count). The number of phenolic OH excluding ortho intramolecular Hbond substituents is 1. The Bertz CT molecular complexity index is 689. The van der Waals surface area contributed by atoms with E-state index in [1.807, 2.05) is 0 Å². The predicted octanol–water partition coefficient (Wildman–Crippen LogP) is 1.68. The molecule has 0 aliphatic carbocycles. The second-order valence-electron chi connectivity index (χ2n) is 5.76. The Morgan fingerprint density at radius 2 is 2.29 bits per heavy atom. The summed E-state index contributed by atoms with van der Waals surface area (Å²) >= 11 is 0. The van der Waals surface area contributed by atoms with Gasteiger partial charge in [0, 0.05) is 36.7 Å². The average molecular weight is 288 g/mol. The van der Waals surface area contributed by atoms with Crippen molar-refractivity contribution in [1.29, 1.82) is 0 Å². The summed E-state index contributed by atoms with van der Waals surface area (Å²) in [4.78, 5) is 13.9. The lowest BCUT2D eigenvalue weighted by molar-refractivity contribution is 0.293. The second-order valence-corrected chi connectivity index (χ2v) is 5.76. The van der Waals surface area contributed by atoms with Crippen LogP contribution in [-0.4, -0.2) is 36.2 Å². The van der Waals surface area contributed by atoms with Gasteiger partial charge >= 0.3 is 5.63 Å². The zero-order valence-electron chi connectivity index (χ0n) is 12.1. The maximum absolute atomic E-state index is 11.7. The van der Waals surface area contributed by atoms with Crippen LogP contribution >= 0.6 is 0 Å². The number of fused-ring (bicyclic) bond motifs is 1. The lowest BCUT2D eigenvalue weighted by Crippen LogP contribution is -2.35. The molecule has 112 valence electrons. The van der Waals surface area contributed by atoms with Crippen LogP contribution in [0.25, 0.3) is 11.0 Å². The minimum Gasteiger partial charge on any atom is -0.508 e. The van der Waals surface area contributed by atoms with Gasteiger partial charge in [0.05, 0.1) is 0 Å². The normalized spacial score (nSPS) is 18.7. The van der Waals surface area contributed by atoms with Crippen molar-refractivity contribution in [3.8, 4) is 5.75 Å². The van der Waals surface area contributed by atoms with E-state index in [0.717, 1.165) is 24.0 Å². The minimum absolute atomic E-state index is 0.103. The fourth-order valence-electron chi connectivity index (χ4n) is 2.99. The first kappa shape index (κ1) is 14.1. The molecule has 1 saturated heterocycles. The van der Waals surface area contributed by atoms with Gasteiger partial charge in [0.15, 0.2) is 0 Å². The van der Waals surface area contributed by atoms with Crippen molar-refractivity contribution in [3.05, 3.63) is 40.2 Å². The standard InChI is InChI=1S/C16H20N2O3/c1-18(10-12-3-2-6-17-12)9-11-7-16(20)21-15-8-13(19)4-5-14(11)15/h4-5,7-8,12,17,19H,2-3,6,9-10H2,1H3. The zero-order chi connectivity index (χ0) is 14.8. The SMILES string of the molecule is CN(Cc1cc(=O)oc2cc(O)ccc12)CC1CCCN1. The summed E-state index contributed by atoms with van der Waals surface area (Å²) in [6.45, 7) is 2.74. The molecule has 0 saturated carbocycles. The van der Waals surface area contributed by atoms with Crippen molar-refractivity contribution in [2.24, 2.45) is 0 Å². The molecule has 2 N–H and O–H groups in total. The number of rotatable bonds is 4. The van der Waals surface area contributed by atoms with E-state index < -0.39 is 0 Å². The van der Waals surface area contributed by atoms with Crippen molar-refractivity contribution in [2.75, 3.05) is 20.1 Å². The molecular weight excluding hydrogens is 268 g/mol. The number of nitrogens with one attached hydrogen (secondary N) is 1. The number of hydrogen-bond donors (Lipinski definition) is 2. The van der Waals surface area contributed by atoms with Gasteiger partial charge in [0.1, 0.15) is 11.3 Å². The number of likely N-dealkylation sites (N-methyl/N-ethyl adjacent to an activating group) is 1. The molecule has 1 aliphatic heterocycles. The summed E-state index contributed by atoms with van der Waals surface area (Å²) in [7, 11) is 2.06. The van der Waals surface area contributed by atoms with Crippen molar-refractivity contribution in [2.45, 2.75) is 25.4 Å². The summed E-state index contributed by atoms with van der Waals surface area (Å²) in [6.07, 6.45) is 2.44. The molecular formula is C16H20N2O3. The van der Waals surface area contributed by atoms with Crippen molar-refractivity contribution < 1.29 is 9.52 Å². The number of phenols is 1. The van der Waals surface area contributed by atoms with Crippen LogP contribution in [0.2, 0.25) is 0 Å². The maximum atomic E-state index is 11.7. The topological polar surface area (TPSA) is 65.7 Å². The van der Waals surface area contributed by atoms with E-state index in [2.05, 4.69) is 17.3 Å². The third kappa shape index (κ3) is 3.25. The molecule has 2 heterocycles. The van der Waals surface area contributed by atoms with Crippen molar-refractivity contribution >= 4 is 11.0 Å². The second kappa shape index (κ2) is 5.87. The summed E-state index contributed by atoms with van der Waals surface area (Å²) in [5.74, 6) is 0.103. The van der Waals surface area contributed by atoms with Gasteiger partial charge in [0.2, 0.25) is 0 Å². The fourth-order valence-corrected chi connectivity index (χ4v) is 2.99. The molecule has 0 amide bonds. The van der Waals surface area contributed by atoms with E-state index in [4.69, 9.17) is 4.42 Å². The Labute approximate surface area is 123 Å². The quantitative estimate of drug-likeness (QED) is 0.838. The Morgan fingerprint density at radius 1 is 1.43 bits per heavy atom. The van der Waals surface area contributed by atoms with Crippen LogP contribution in [0.5, 0.6) is 5.75 Å². The van der Waals surface area contributed by atoms with Gasteiger partial charge in [-0.25, -0.2) is 4.79 Å². The van der Waals surface area contributed by atoms with Crippen LogP contribution in [0, 0.1) is 0 Å². The first-order chi connectivity index (χ1) is 10.1. The first-order valence-corrected chi connectivity index (χ1v) is 7.29. The van der Waals surface area contributed by atoms with Gasteiger partial charge in [-0.15, -0.1) is 0 Å². The predicted molar refractivity (Wildman–Crippen MR) is 81.5 cm³/mol. The van der Waals surface area contributed by atoms with Crippen LogP contribution < -0.4 is 10.9 Å². The molecule has 1 fully saturated rings. The molecule has 5 heteroatoms. The van der Waals surface area contributed by atoms with E-state index in [-0.39, 0.29) is 11.4 Å². The Balaban J connectivity index is 1.83. The van der Waals surface area contributed by atoms with Gasteiger partial charge in [-0.3, -0.25) is 0 Å². The van der Waals surface area contributed by atoms with Crippen LogP contribution in [0.4, 0.5) is 0 Å². The molecule has 0 bridgehead atoms. The summed E-state index contributed by atoms with van der Waals surface area (Å²) in [5.41, 5.74) is 0.988. The van der Waals surface area contributed by atoms with E-state index in [1.165, 1.54) is 25.0 Å². The number of aromatic hydroxyl groups is 1. The summed E-state index contributed by atoms with van der Waals surface area (Å²) < 4.78 is 5.15. The Morgan fingerprint density at radius 3 is 3.05 bits per heavy atom. The molecule has 5 nitrogen and oxygen atoms in total. The summed E-state index contributed by atoms with van der Waals surface area (Å²) in [5, 5.41) is 13.9. The zero-order valence-corrected chi connectivity index (χ0v) is 12.1. The number of nitrogens with zero attached hydrogens (tertiary/aromatic N) is 1. The van der Waals surface area contributed by atoms with Gasteiger partial charge in [-0.05, 0) is 44.1 Å². The van der Waals surface area contributed by atoms with Gasteiger partial charge in [0.25, 0.3) is 0 Å². The van der Waals surface area contributed by atoms with Crippen LogP contribution in [0.1, 0.15) is 18.4 Å². The van der Waals surface area contributed by atoms with E-state index in [9.17, 15) is 9.90 Å².